The summed E-state index contributed by atoms with van der Waals surface area (Å²) in [5, 5.41) is 4.00. The van der Waals surface area contributed by atoms with Crippen molar-refractivity contribution in [1.29, 1.82) is 0 Å². The van der Waals surface area contributed by atoms with Crippen LogP contribution in [-0.2, 0) is 4.79 Å². The summed E-state index contributed by atoms with van der Waals surface area (Å²) in [6, 6.07) is 7.93. The fourth-order valence-electron chi connectivity index (χ4n) is 3.96. The molecule has 0 N–H and O–H groups in total. The van der Waals surface area contributed by atoms with Crippen molar-refractivity contribution in [2.75, 3.05) is 13.7 Å². The van der Waals surface area contributed by atoms with Gasteiger partial charge >= 0.3 is 0 Å². The maximum atomic E-state index is 13.2. The van der Waals surface area contributed by atoms with Crippen molar-refractivity contribution < 1.29 is 14.1 Å². The van der Waals surface area contributed by atoms with Gasteiger partial charge in [0.2, 0.25) is 12.3 Å². The normalized spacial score (nSPS) is 26.1. The molecule has 25 heavy (non-hydrogen) atoms. The Kier molecular flexibility index (Phi) is 4.42. The molecule has 1 aromatic carbocycles. The molecule has 0 bridgehead atoms. The van der Waals surface area contributed by atoms with Crippen LogP contribution in [-0.4, -0.2) is 34.6 Å². The highest BCUT2D eigenvalue weighted by Crippen LogP contribution is 2.52. The van der Waals surface area contributed by atoms with E-state index in [1.807, 2.05) is 23.1 Å². The molecule has 1 aromatic heterocycles. The fourth-order valence-corrected chi connectivity index (χ4v) is 3.96. The summed E-state index contributed by atoms with van der Waals surface area (Å²) < 4.78 is 10.4. The van der Waals surface area contributed by atoms with Crippen molar-refractivity contribution in [3.63, 3.8) is 0 Å². The predicted octanol–water partition coefficient (Wildman–Crippen LogP) is 3.33. The zero-order chi connectivity index (χ0) is 17.2. The SMILES string of the molecule is COc1ccccc1[C@@H]1C[C@H]1C(=O)N1CCCCCC1c1ncon1. The Morgan fingerprint density at radius 3 is 2.96 bits per heavy atom. The van der Waals surface area contributed by atoms with Gasteiger partial charge in [-0.1, -0.05) is 36.2 Å². The number of methoxy groups -OCH3 is 1. The smallest absolute Gasteiger partial charge is 0.226 e. The van der Waals surface area contributed by atoms with Gasteiger partial charge in [-0.25, -0.2) is 0 Å². The number of carbonyl (C=O) groups is 1. The molecule has 1 aliphatic carbocycles. The summed E-state index contributed by atoms with van der Waals surface area (Å²) >= 11 is 0. The van der Waals surface area contributed by atoms with Gasteiger partial charge in [0.1, 0.15) is 5.75 Å². The molecule has 1 aliphatic heterocycles. The van der Waals surface area contributed by atoms with Crippen LogP contribution in [0.1, 0.15) is 55.5 Å². The predicted molar refractivity (Wildman–Crippen MR) is 91.1 cm³/mol. The number of carbonyl (C=O) groups excluding carboxylic acids is 1. The van der Waals surface area contributed by atoms with Gasteiger partial charge in [0.25, 0.3) is 0 Å². The van der Waals surface area contributed by atoms with Crippen molar-refractivity contribution in [2.24, 2.45) is 5.92 Å². The van der Waals surface area contributed by atoms with Crippen molar-refractivity contribution in [1.82, 2.24) is 15.0 Å². The second-order valence-corrected chi connectivity index (χ2v) is 6.88. The van der Waals surface area contributed by atoms with Crippen LogP contribution >= 0.6 is 0 Å². The third-order valence-corrected chi connectivity index (χ3v) is 5.36. The molecular formula is C19H23N3O3. The van der Waals surface area contributed by atoms with Crippen molar-refractivity contribution in [3.05, 3.63) is 42.0 Å². The van der Waals surface area contributed by atoms with Crippen LogP contribution in [0.3, 0.4) is 0 Å². The molecule has 1 unspecified atom stereocenters. The maximum Gasteiger partial charge on any atom is 0.226 e. The number of hydrogen-bond donors (Lipinski definition) is 0. The van der Waals surface area contributed by atoms with E-state index in [9.17, 15) is 4.79 Å². The third kappa shape index (κ3) is 3.13. The molecule has 3 atom stereocenters. The first-order valence-electron chi connectivity index (χ1n) is 8.99. The number of aromatic nitrogens is 2. The van der Waals surface area contributed by atoms with Crippen LogP contribution in [0, 0.1) is 5.92 Å². The molecule has 1 saturated heterocycles. The molecule has 2 fully saturated rings. The number of rotatable bonds is 4. The lowest BCUT2D eigenvalue weighted by molar-refractivity contribution is -0.135. The average molecular weight is 341 g/mol. The van der Waals surface area contributed by atoms with Crippen LogP contribution in [0.25, 0.3) is 0 Å². The van der Waals surface area contributed by atoms with Crippen LogP contribution in [0.5, 0.6) is 5.75 Å². The standard InChI is InChI=1S/C19H23N3O3/c1-24-17-9-5-4-7-13(17)14-11-15(14)19(23)22-10-6-2-3-8-16(22)18-20-12-25-21-18/h4-5,7,9,12,14-16H,2-3,6,8,10-11H2,1H3/t14-,15+,16?/m0/s1. The third-order valence-electron chi connectivity index (χ3n) is 5.36. The Bertz CT molecular complexity index is 731. The van der Waals surface area contributed by atoms with Gasteiger partial charge < -0.3 is 14.2 Å². The zero-order valence-corrected chi connectivity index (χ0v) is 14.4. The summed E-state index contributed by atoms with van der Waals surface area (Å²) in [6.45, 7) is 0.771. The molecule has 6 heteroatoms. The van der Waals surface area contributed by atoms with Crippen LogP contribution < -0.4 is 4.74 Å². The van der Waals surface area contributed by atoms with E-state index in [2.05, 4.69) is 16.2 Å². The Hall–Kier alpha value is -2.37. The number of benzene rings is 1. The quantitative estimate of drug-likeness (QED) is 0.853. The van der Waals surface area contributed by atoms with Gasteiger partial charge in [0.15, 0.2) is 5.82 Å². The second-order valence-electron chi connectivity index (χ2n) is 6.88. The highest BCUT2D eigenvalue weighted by molar-refractivity contribution is 5.83. The second kappa shape index (κ2) is 6.86. The summed E-state index contributed by atoms with van der Waals surface area (Å²) in [7, 11) is 1.68. The number of para-hydroxylation sites is 1. The molecule has 6 nitrogen and oxygen atoms in total. The highest BCUT2D eigenvalue weighted by Gasteiger charge is 2.48. The lowest BCUT2D eigenvalue weighted by atomic mass is 10.1. The van der Waals surface area contributed by atoms with Gasteiger partial charge in [0, 0.05) is 12.5 Å². The minimum Gasteiger partial charge on any atom is -0.496 e. The lowest BCUT2D eigenvalue weighted by Gasteiger charge is -2.28. The summed E-state index contributed by atoms with van der Waals surface area (Å²) in [5.41, 5.74) is 1.13. The summed E-state index contributed by atoms with van der Waals surface area (Å²) in [6.07, 6.45) is 6.39. The number of ether oxygens (including phenoxy) is 1. The van der Waals surface area contributed by atoms with Gasteiger partial charge in [0.05, 0.1) is 13.2 Å². The molecule has 2 aromatic rings. The molecule has 1 saturated carbocycles. The van der Waals surface area contributed by atoms with Crippen LogP contribution in [0.4, 0.5) is 0 Å². The van der Waals surface area contributed by atoms with Gasteiger partial charge in [-0.3, -0.25) is 4.79 Å². The van der Waals surface area contributed by atoms with Gasteiger partial charge in [-0.15, -0.1) is 0 Å². The largest absolute Gasteiger partial charge is 0.496 e. The monoisotopic (exact) mass is 341 g/mol. The molecule has 2 aliphatic rings. The first-order chi connectivity index (χ1) is 12.3. The topological polar surface area (TPSA) is 68.5 Å². The van der Waals surface area contributed by atoms with E-state index in [-0.39, 0.29) is 23.8 Å². The first-order valence-corrected chi connectivity index (χ1v) is 8.99. The van der Waals surface area contributed by atoms with Crippen LogP contribution in [0.2, 0.25) is 0 Å². The Morgan fingerprint density at radius 2 is 2.16 bits per heavy atom. The molecular weight excluding hydrogens is 318 g/mol. The molecule has 1 amide bonds. The minimum atomic E-state index is -0.0623. The minimum absolute atomic E-state index is 0.0313. The van der Waals surface area contributed by atoms with E-state index in [1.54, 1.807) is 7.11 Å². The van der Waals surface area contributed by atoms with Crippen LogP contribution in [0.15, 0.2) is 35.2 Å². The molecule has 4 rings (SSSR count). The molecule has 2 heterocycles. The number of amides is 1. The first kappa shape index (κ1) is 16.1. The van der Waals surface area contributed by atoms with E-state index in [1.165, 1.54) is 6.39 Å². The van der Waals surface area contributed by atoms with E-state index < -0.39 is 0 Å². The van der Waals surface area contributed by atoms with E-state index in [0.717, 1.165) is 50.0 Å². The maximum absolute atomic E-state index is 13.2. The lowest BCUT2D eigenvalue weighted by Crippen LogP contribution is -2.36. The van der Waals surface area contributed by atoms with Crippen molar-refractivity contribution in [2.45, 2.75) is 44.1 Å². The molecule has 132 valence electrons. The summed E-state index contributed by atoms with van der Waals surface area (Å²) in [5.74, 6) is 1.99. The zero-order valence-electron chi connectivity index (χ0n) is 14.4. The Balaban J connectivity index is 1.53. The summed E-state index contributed by atoms with van der Waals surface area (Å²) in [4.78, 5) is 19.4. The van der Waals surface area contributed by atoms with E-state index >= 15 is 0 Å². The number of nitrogens with zero attached hydrogens (tertiary/aromatic N) is 3. The Labute approximate surface area is 147 Å². The van der Waals surface area contributed by atoms with Crippen molar-refractivity contribution >= 4 is 5.91 Å². The molecule has 0 radical (unpaired) electrons. The number of likely N-dealkylation sites (tertiary alicyclic amines) is 1. The van der Waals surface area contributed by atoms with Gasteiger partial charge in [-0.2, -0.15) is 4.98 Å². The fraction of sp³-hybridized carbons (Fsp3) is 0.526. The average Bonchev–Trinajstić information content (AvgIpc) is 3.34. The Morgan fingerprint density at radius 1 is 1.28 bits per heavy atom. The highest BCUT2D eigenvalue weighted by atomic mass is 16.5. The number of hydrogen-bond acceptors (Lipinski definition) is 5. The molecule has 0 spiro atoms. The van der Waals surface area contributed by atoms with Gasteiger partial charge in [-0.05, 0) is 36.8 Å². The van der Waals surface area contributed by atoms with Crippen molar-refractivity contribution in [3.8, 4) is 5.75 Å². The van der Waals surface area contributed by atoms with E-state index in [0.29, 0.717) is 5.82 Å². The van der Waals surface area contributed by atoms with E-state index in [4.69, 9.17) is 9.26 Å².